The monoisotopic (exact) mass is 430 g/mol. The fourth-order valence-corrected chi connectivity index (χ4v) is 2.74. The highest BCUT2D eigenvalue weighted by Crippen LogP contribution is 2.12. The zero-order valence-electron chi connectivity index (χ0n) is 18.0. The average molecular weight is 430 g/mol. The van der Waals surface area contributed by atoms with E-state index in [1.54, 1.807) is 0 Å². The number of hydrogen-bond donors (Lipinski definition) is 0. The van der Waals surface area contributed by atoms with Crippen LogP contribution in [0.25, 0.3) is 0 Å². The number of carbonyl (C=O) groups is 5. The zero-order chi connectivity index (χ0) is 22.8. The molecule has 1 aliphatic heterocycles. The molecule has 1 saturated heterocycles. The van der Waals surface area contributed by atoms with Crippen molar-refractivity contribution in [3.8, 4) is 0 Å². The molecule has 1 fully saturated rings. The third-order valence-electron chi connectivity index (χ3n) is 3.93. The van der Waals surface area contributed by atoms with E-state index in [1.165, 1.54) is 34.6 Å². The Bertz CT molecular complexity index is 476. The Labute approximate surface area is 175 Å². The van der Waals surface area contributed by atoms with Crippen LogP contribution in [0.2, 0.25) is 0 Å². The van der Waals surface area contributed by atoms with Crippen LogP contribution in [0.5, 0.6) is 0 Å². The second-order valence-corrected chi connectivity index (χ2v) is 7.52. The van der Waals surface area contributed by atoms with Crippen LogP contribution in [0, 0.1) is 0 Å². The van der Waals surface area contributed by atoms with Gasteiger partial charge in [-0.1, -0.05) is 0 Å². The van der Waals surface area contributed by atoms with Gasteiger partial charge in [0.15, 0.2) is 0 Å². The summed E-state index contributed by atoms with van der Waals surface area (Å²) in [5.74, 6) is -3.22. The molecular formula is C20H30O10. The number of ether oxygens (including phenoxy) is 5. The largest absolute Gasteiger partial charge is 0.462 e. The van der Waals surface area contributed by atoms with Crippen molar-refractivity contribution in [1.82, 2.24) is 0 Å². The summed E-state index contributed by atoms with van der Waals surface area (Å²) in [7, 11) is 0. The third-order valence-corrected chi connectivity index (χ3v) is 3.93. The summed E-state index contributed by atoms with van der Waals surface area (Å²) < 4.78 is 25.6. The molecule has 1 rings (SSSR count). The SMILES string of the molecule is C[C@@H]1CC(=O)O[C@H](C)CC(=O)O[C@H](C)CC(=O)O[C@H](C)CC(=O)O[C@H](C)CC(=O)O1. The summed E-state index contributed by atoms with van der Waals surface area (Å²) in [4.78, 5) is 59.7. The first-order valence-corrected chi connectivity index (χ1v) is 9.92. The van der Waals surface area contributed by atoms with Gasteiger partial charge in [-0.25, -0.2) is 0 Å². The standard InChI is InChI=1S/C20H30O10/c1-11-6-16(21)27-13(3)8-18(23)29-15(5)10-20(25)30-14(4)9-19(24)28-12(2)7-17(22)26-11/h11-15H,6-10H2,1-5H3/t11-,12-,13-,14-,15-/m1/s1. The number of rotatable bonds is 0. The highest BCUT2D eigenvalue weighted by atomic mass is 16.6. The zero-order valence-corrected chi connectivity index (χ0v) is 18.0. The van der Waals surface area contributed by atoms with Crippen molar-refractivity contribution in [2.75, 3.05) is 0 Å². The first kappa shape index (κ1) is 25.4. The fourth-order valence-electron chi connectivity index (χ4n) is 2.74. The van der Waals surface area contributed by atoms with E-state index in [-0.39, 0.29) is 32.1 Å². The predicted octanol–water partition coefficient (Wildman–Crippen LogP) is 1.61. The van der Waals surface area contributed by atoms with Gasteiger partial charge in [0.25, 0.3) is 0 Å². The van der Waals surface area contributed by atoms with Crippen molar-refractivity contribution >= 4 is 29.8 Å². The van der Waals surface area contributed by atoms with Crippen molar-refractivity contribution in [2.24, 2.45) is 0 Å². The van der Waals surface area contributed by atoms with Gasteiger partial charge in [-0.3, -0.25) is 24.0 Å². The van der Waals surface area contributed by atoms with Crippen LogP contribution in [-0.4, -0.2) is 60.4 Å². The highest BCUT2D eigenvalue weighted by molar-refractivity contribution is 5.76. The Kier molecular flexibility index (Phi) is 10.3. The number of hydrogen-bond acceptors (Lipinski definition) is 10. The molecule has 0 spiro atoms. The van der Waals surface area contributed by atoms with Gasteiger partial charge in [-0.2, -0.15) is 0 Å². The minimum Gasteiger partial charge on any atom is -0.462 e. The van der Waals surface area contributed by atoms with E-state index in [2.05, 4.69) is 0 Å². The first-order chi connectivity index (χ1) is 13.9. The van der Waals surface area contributed by atoms with Gasteiger partial charge < -0.3 is 23.7 Å². The van der Waals surface area contributed by atoms with E-state index in [9.17, 15) is 24.0 Å². The summed E-state index contributed by atoms with van der Waals surface area (Å²) in [6.07, 6.45) is -4.74. The van der Waals surface area contributed by atoms with Gasteiger partial charge in [0.1, 0.15) is 30.5 Å². The van der Waals surface area contributed by atoms with Gasteiger partial charge in [0.2, 0.25) is 0 Å². The van der Waals surface area contributed by atoms with Gasteiger partial charge in [-0.15, -0.1) is 0 Å². The molecule has 10 heteroatoms. The maximum atomic E-state index is 11.9. The molecule has 0 aromatic heterocycles. The molecule has 0 aliphatic carbocycles. The Morgan fingerprint density at radius 3 is 0.667 bits per heavy atom. The summed E-state index contributed by atoms with van der Waals surface area (Å²) in [5, 5.41) is 0. The van der Waals surface area contributed by atoms with Crippen LogP contribution in [0.1, 0.15) is 66.7 Å². The van der Waals surface area contributed by atoms with E-state index in [1.807, 2.05) is 0 Å². The molecule has 0 amide bonds. The van der Waals surface area contributed by atoms with Crippen molar-refractivity contribution in [3.63, 3.8) is 0 Å². The van der Waals surface area contributed by atoms with Gasteiger partial charge in [-0.05, 0) is 34.6 Å². The topological polar surface area (TPSA) is 132 Å². The van der Waals surface area contributed by atoms with E-state index < -0.39 is 60.4 Å². The highest BCUT2D eigenvalue weighted by Gasteiger charge is 2.24. The van der Waals surface area contributed by atoms with Crippen molar-refractivity contribution in [3.05, 3.63) is 0 Å². The van der Waals surface area contributed by atoms with Gasteiger partial charge in [0, 0.05) is 0 Å². The molecule has 170 valence electrons. The van der Waals surface area contributed by atoms with Crippen molar-refractivity contribution < 1.29 is 47.7 Å². The molecule has 0 unspecified atom stereocenters. The number of carbonyl (C=O) groups excluding carboxylic acids is 5. The Hall–Kier alpha value is -2.65. The van der Waals surface area contributed by atoms with E-state index in [0.717, 1.165) is 0 Å². The second kappa shape index (κ2) is 12.1. The summed E-state index contributed by atoms with van der Waals surface area (Å²) in [5.41, 5.74) is 0. The lowest BCUT2D eigenvalue weighted by atomic mass is 10.2. The summed E-state index contributed by atoms with van der Waals surface area (Å²) in [6.45, 7) is 7.63. The molecular weight excluding hydrogens is 400 g/mol. The van der Waals surface area contributed by atoms with Crippen molar-refractivity contribution in [1.29, 1.82) is 0 Å². The van der Waals surface area contributed by atoms with E-state index >= 15 is 0 Å². The van der Waals surface area contributed by atoms with Gasteiger partial charge >= 0.3 is 29.8 Å². The molecule has 0 aromatic rings. The normalized spacial score (nSPS) is 31.5. The van der Waals surface area contributed by atoms with Gasteiger partial charge in [0.05, 0.1) is 32.1 Å². The third kappa shape index (κ3) is 10.8. The minimum absolute atomic E-state index is 0.195. The van der Waals surface area contributed by atoms with Crippen LogP contribution in [-0.2, 0) is 47.7 Å². The van der Waals surface area contributed by atoms with Crippen molar-refractivity contribution in [2.45, 2.75) is 97.2 Å². The Balaban J connectivity index is 2.80. The maximum absolute atomic E-state index is 11.9. The molecule has 10 nitrogen and oxygen atoms in total. The lowest BCUT2D eigenvalue weighted by molar-refractivity contribution is -0.163. The lowest BCUT2D eigenvalue weighted by Gasteiger charge is -2.20. The average Bonchev–Trinajstić information content (AvgIpc) is 2.50. The quantitative estimate of drug-likeness (QED) is 0.412. The smallest absolute Gasteiger partial charge is 0.309 e. The van der Waals surface area contributed by atoms with Crippen LogP contribution >= 0.6 is 0 Å². The molecule has 0 N–H and O–H groups in total. The lowest BCUT2D eigenvalue weighted by Crippen LogP contribution is -2.29. The minimum atomic E-state index is -0.753. The molecule has 0 bridgehead atoms. The summed E-state index contributed by atoms with van der Waals surface area (Å²) >= 11 is 0. The molecule has 1 aliphatic rings. The Morgan fingerprint density at radius 2 is 0.533 bits per heavy atom. The maximum Gasteiger partial charge on any atom is 0.309 e. The molecule has 5 atom stereocenters. The van der Waals surface area contributed by atoms with Crippen LogP contribution in [0.4, 0.5) is 0 Å². The van der Waals surface area contributed by atoms with Crippen LogP contribution in [0.15, 0.2) is 0 Å². The van der Waals surface area contributed by atoms with Crippen LogP contribution in [0.3, 0.4) is 0 Å². The molecule has 0 saturated carbocycles. The molecule has 0 radical (unpaired) electrons. The predicted molar refractivity (Wildman–Crippen MR) is 101 cm³/mol. The Morgan fingerprint density at radius 1 is 0.400 bits per heavy atom. The van der Waals surface area contributed by atoms with Crippen LogP contribution < -0.4 is 0 Å². The number of cyclic esters (lactones) is 5. The summed E-state index contributed by atoms with van der Waals surface area (Å²) in [6, 6.07) is 0. The van der Waals surface area contributed by atoms with E-state index in [4.69, 9.17) is 23.7 Å². The second-order valence-electron chi connectivity index (χ2n) is 7.52. The fraction of sp³-hybridized carbons (Fsp3) is 0.750. The molecule has 30 heavy (non-hydrogen) atoms. The molecule has 1 heterocycles. The number of esters is 5. The molecule has 0 aromatic carbocycles. The first-order valence-electron chi connectivity index (χ1n) is 9.92. The van der Waals surface area contributed by atoms with E-state index in [0.29, 0.717) is 0 Å².